The number of rotatable bonds is 6. The molecule has 2 aromatic carbocycles. The molecule has 0 saturated heterocycles. The number of hydrogen-bond donors (Lipinski definition) is 1. The largest absolute Gasteiger partial charge is 0.490 e. The van der Waals surface area contributed by atoms with E-state index in [0.29, 0.717) is 11.5 Å². The normalized spacial score (nSPS) is 11.2. The third kappa shape index (κ3) is 3.43. The zero-order chi connectivity index (χ0) is 17.8. The molecule has 0 aliphatic heterocycles. The first-order valence-corrected chi connectivity index (χ1v) is 8.42. The molecule has 0 saturated carbocycles. The molecule has 0 unspecified atom stereocenters. The van der Waals surface area contributed by atoms with Gasteiger partial charge < -0.3 is 14.6 Å². The lowest BCUT2D eigenvalue weighted by molar-refractivity contribution is 0.0637. The van der Waals surface area contributed by atoms with Gasteiger partial charge in [-0.1, -0.05) is 12.1 Å². The van der Waals surface area contributed by atoms with Crippen molar-refractivity contribution in [3.05, 3.63) is 73.1 Å². The number of pyridine rings is 2. The summed E-state index contributed by atoms with van der Waals surface area (Å²) in [6.07, 6.45) is 2.73. The molecule has 0 aliphatic carbocycles. The Labute approximate surface area is 150 Å². The number of ether oxygens (including phenoxy) is 2. The van der Waals surface area contributed by atoms with Crippen molar-refractivity contribution < 1.29 is 14.6 Å². The lowest BCUT2D eigenvalue weighted by atomic mass is 10.2. The molecule has 130 valence electrons. The maximum absolute atomic E-state index is 10.2. The molecule has 0 bridgehead atoms. The fourth-order valence-corrected chi connectivity index (χ4v) is 2.82. The summed E-state index contributed by atoms with van der Waals surface area (Å²) in [5, 5.41) is 12.1. The average molecular weight is 346 g/mol. The smallest absolute Gasteiger partial charge is 0.128 e. The van der Waals surface area contributed by atoms with E-state index in [0.717, 1.165) is 21.8 Å². The summed E-state index contributed by atoms with van der Waals surface area (Å²) < 4.78 is 11.5. The van der Waals surface area contributed by atoms with E-state index in [1.807, 2.05) is 60.7 Å². The van der Waals surface area contributed by atoms with E-state index in [1.165, 1.54) is 0 Å². The highest BCUT2D eigenvalue weighted by atomic mass is 16.5. The second-order valence-corrected chi connectivity index (χ2v) is 5.93. The highest BCUT2D eigenvalue weighted by Gasteiger charge is 2.10. The second kappa shape index (κ2) is 7.37. The van der Waals surface area contributed by atoms with Crippen LogP contribution < -0.4 is 9.47 Å². The molecule has 0 radical (unpaired) electrons. The molecule has 5 heteroatoms. The Morgan fingerprint density at radius 3 is 1.69 bits per heavy atom. The number of nitrogens with zero attached hydrogens (tertiary/aromatic N) is 2. The highest BCUT2D eigenvalue weighted by Crippen LogP contribution is 2.25. The van der Waals surface area contributed by atoms with Gasteiger partial charge in [0.05, 0.1) is 11.0 Å². The Balaban J connectivity index is 1.40. The van der Waals surface area contributed by atoms with Crippen molar-refractivity contribution in [2.24, 2.45) is 0 Å². The van der Waals surface area contributed by atoms with Crippen LogP contribution in [-0.2, 0) is 0 Å². The van der Waals surface area contributed by atoms with E-state index >= 15 is 0 Å². The summed E-state index contributed by atoms with van der Waals surface area (Å²) in [7, 11) is 0. The van der Waals surface area contributed by atoms with Crippen LogP contribution in [0.2, 0.25) is 0 Å². The molecule has 0 aliphatic rings. The molecule has 5 nitrogen and oxygen atoms in total. The summed E-state index contributed by atoms with van der Waals surface area (Å²) >= 11 is 0. The van der Waals surface area contributed by atoms with E-state index in [1.54, 1.807) is 12.4 Å². The number of aliphatic hydroxyl groups excluding tert-OH is 1. The fraction of sp³-hybridized carbons (Fsp3) is 0.143. The van der Waals surface area contributed by atoms with Gasteiger partial charge in [0, 0.05) is 23.2 Å². The maximum Gasteiger partial charge on any atom is 0.128 e. The third-order valence-electron chi connectivity index (χ3n) is 4.07. The van der Waals surface area contributed by atoms with Crippen LogP contribution in [0.5, 0.6) is 11.5 Å². The van der Waals surface area contributed by atoms with Crippen LogP contribution in [0.15, 0.2) is 73.1 Å². The highest BCUT2D eigenvalue weighted by molar-refractivity contribution is 5.85. The van der Waals surface area contributed by atoms with Crippen LogP contribution in [0.1, 0.15) is 0 Å². The Morgan fingerprint density at radius 2 is 1.19 bits per heavy atom. The molecule has 0 atom stereocenters. The van der Waals surface area contributed by atoms with E-state index in [4.69, 9.17) is 9.47 Å². The Kier molecular flexibility index (Phi) is 4.62. The molecule has 2 aromatic heterocycles. The van der Waals surface area contributed by atoms with Crippen molar-refractivity contribution in [1.82, 2.24) is 9.97 Å². The van der Waals surface area contributed by atoms with Crippen LogP contribution in [0.4, 0.5) is 0 Å². The van der Waals surface area contributed by atoms with E-state index in [9.17, 15) is 5.11 Å². The standard InChI is InChI=1S/C21H18N2O3/c24-15(13-25-20-9-1-7-18-16(20)5-3-11-22-18)14-26-21-10-2-8-19-17(21)6-4-12-23-19/h1-12,15,24H,13-14H2. The van der Waals surface area contributed by atoms with Crippen molar-refractivity contribution in [1.29, 1.82) is 0 Å². The van der Waals surface area contributed by atoms with Gasteiger partial charge in [-0.15, -0.1) is 0 Å². The minimum Gasteiger partial charge on any atom is -0.490 e. The molecule has 26 heavy (non-hydrogen) atoms. The van der Waals surface area contributed by atoms with Gasteiger partial charge in [0.1, 0.15) is 30.8 Å². The molecule has 4 rings (SSSR count). The molecule has 0 fully saturated rings. The molecule has 0 spiro atoms. The van der Waals surface area contributed by atoms with Crippen LogP contribution in [0.25, 0.3) is 21.8 Å². The van der Waals surface area contributed by atoms with Gasteiger partial charge in [-0.05, 0) is 48.5 Å². The Morgan fingerprint density at radius 1 is 0.692 bits per heavy atom. The molecular formula is C21H18N2O3. The van der Waals surface area contributed by atoms with E-state index in [2.05, 4.69) is 9.97 Å². The number of benzene rings is 2. The lowest BCUT2D eigenvalue weighted by Crippen LogP contribution is -2.25. The molecule has 1 N–H and O–H groups in total. The molecule has 0 amide bonds. The van der Waals surface area contributed by atoms with Crippen LogP contribution in [-0.4, -0.2) is 34.4 Å². The van der Waals surface area contributed by atoms with Crippen molar-refractivity contribution in [2.75, 3.05) is 13.2 Å². The monoisotopic (exact) mass is 346 g/mol. The number of aliphatic hydroxyl groups is 1. The minimum atomic E-state index is -0.756. The summed E-state index contributed by atoms with van der Waals surface area (Å²) in [4.78, 5) is 8.60. The molecular weight excluding hydrogens is 328 g/mol. The summed E-state index contributed by atoms with van der Waals surface area (Å²) in [5.41, 5.74) is 1.72. The zero-order valence-corrected chi connectivity index (χ0v) is 14.1. The van der Waals surface area contributed by atoms with Gasteiger partial charge in [0.2, 0.25) is 0 Å². The number of fused-ring (bicyclic) bond motifs is 2. The van der Waals surface area contributed by atoms with Gasteiger partial charge in [0.25, 0.3) is 0 Å². The van der Waals surface area contributed by atoms with E-state index < -0.39 is 6.10 Å². The summed E-state index contributed by atoms with van der Waals surface area (Å²) in [5.74, 6) is 1.40. The Hall–Kier alpha value is -3.18. The molecule has 2 heterocycles. The summed E-state index contributed by atoms with van der Waals surface area (Å²) in [6, 6.07) is 19.0. The number of aromatic nitrogens is 2. The Bertz CT molecular complexity index is 942. The second-order valence-electron chi connectivity index (χ2n) is 5.93. The lowest BCUT2D eigenvalue weighted by Gasteiger charge is -2.15. The minimum absolute atomic E-state index is 0.136. The van der Waals surface area contributed by atoms with Crippen molar-refractivity contribution in [2.45, 2.75) is 6.10 Å². The van der Waals surface area contributed by atoms with Gasteiger partial charge in [-0.2, -0.15) is 0 Å². The van der Waals surface area contributed by atoms with Gasteiger partial charge >= 0.3 is 0 Å². The van der Waals surface area contributed by atoms with Crippen molar-refractivity contribution in [3.8, 4) is 11.5 Å². The first-order chi connectivity index (χ1) is 12.8. The van der Waals surface area contributed by atoms with Gasteiger partial charge in [0.15, 0.2) is 0 Å². The quantitative estimate of drug-likeness (QED) is 0.578. The fourth-order valence-electron chi connectivity index (χ4n) is 2.82. The van der Waals surface area contributed by atoms with Gasteiger partial charge in [-0.3, -0.25) is 9.97 Å². The predicted molar refractivity (Wildman–Crippen MR) is 100 cm³/mol. The summed E-state index contributed by atoms with van der Waals surface area (Å²) in [6.45, 7) is 0.272. The maximum atomic E-state index is 10.2. The van der Waals surface area contributed by atoms with Crippen LogP contribution in [0, 0.1) is 0 Å². The zero-order valence-electron chi connectivity index (χ0n) is 14.1. The first-order valence-electron chi connectivity index (χ1n) is 8.42. The molecule has 4 aromatic rings. The average Bonchev–Trinajstić information content (AvgIpc) is 2.70. The van der Waals surface area contributed by atoms with E-state index in [-0.39, 0.29) is 13.2 Å². The van der Waals surface area contributed by atoms with Crippen molar-refractivity contribution in [3.63, 3.8) is 0 Å². The van der Waals surface area contributed by atoms with Gasteiger partial charge in [-0.25, -0.2) is 0 Å². The third-order valence-corrected chi connectivity index (χ3v) is 4.07. The van der Waals surface area contributed by atoms with Crippen LogP contribution in [0.3, 0.4) is 0 Å². The SMILES string of the molecule is OC(COc1cccc2ncccc12)COc1cccc2ncccc12. The predicted octanol–water partition coefficient (Wildman–Crippen LogP) is 3.60. The number of hydrogen-bond acceptors (Lipinski definition) is 5. The van der Waals surface area contributed by atoms with Crippen LogP contribution >= 0.6 is 0 Å². The first kappa shape index (κ1) is 16.3. The van der Waals surface area contributed by atoms with Crippen molar-refractivity contribution >= 4 is 21.8 Å². The topological polar surface area (TPSA) is 64.5 Å².